The zero-order valence-corrected chi connectivity index (χ0v) is 14.5. The standard InChI is InChI=1S/C17H18N6OS/c1-19-14-10-12(7-8-20-14)16-22-23-17(25-16)21-15(24)13(18)9-11-5-3-2-4-6-11/h2-8,10,13H,9,18H2,1H3,(H,19,20)(H,21,23,24)/t13-/m0/s1. The van der Waals surface area contributed by atoms with Crippen LogP contribution in [-0.2, 0) is 11.2 Å². The largest absolute Gasteiger partial charge is 0.373 e. The number of benzene rings is 1. The molecule has 0 aliphatic rings. The topological polar surface area (TPSA) is 106 Å². The van der Waals surface area contributed by atoms with Crippen LogP contribution in [0.3, 0.4) is 0 Å². The number of nitrogens with zero attached hydrogens (tertiary/aromatic N) is 3. The van der Waals surface area contributed by atoms with Crippen molar-refractivity contribution in [2.24, 2.45) is 5.73 Å². The lowest BCUT2D eigenvalue weighted by molar-refractivity contribution is -0.117. The predicted molar refractivity (Wildman–Crippen MR) is 99.4 cm³/mol. The lowest BCUT2D eigenvalue weighted by Gasteiger charge is -2.10. The van der Waals surface area contributed by atoms with Gasteiger partial charge in [0.2, 0.25) is 11.0 Å². The van der Waals surface area contributed by atoms with Gasteiger partial charge in [-0.1, -0.05) is 41.7 Å². The van der Waals surface area contributed by atoms with Crippen molar-refractivity contribution in [2.45, 2.75) is 12.5 Å². The Hall–Kier alpha value is -2.84. The monoisotopic (exact) mass is 354 g/mol. The SMILES string of the molecule is CNc1cc(-c2nnc(NC(=O)[C@@H](N)Cc3ccccc3)s2)ccn1. The van der Waals surface area contributed by atoms with Gasteiger partial charge >= 0.3 is 0 Å². The molecular weight excluding hydrogens is 336 g/mol. The van der Waals surface area contributed by atoms with Crippen LogP contribution in [0, 0.1) is 0 Å². The van der Waals surface area contributed by atoms with E-state index in [-0.39, 0.29) is 5.91 Å². The van der Waals surface area contributed by atoms with Crippen LogP contribution >= 0.6 is 11.3 Å². The molecule has 2 heterocycles. The molecule has 2 aromatic heterocycles. The van der Waals surface area contributed by atoms with Crippen LogP contribution < -0.4 is 16.4 Å². The Bertz CT molecular complexity index is 851. The lowest BCUT2D eigenvalue weighted by Crippen LogP contribution is -2.37. The molecule has 25 heavy (non-hydrogen) atoms. The van der Waals surface area contributed by atoms with E-state index in [2.05, 4.69) is 25.8 Å². The lowest BCUT2D eigenvalue weighted by atomic mass is 10.1. The van der Waals surface area contributed by atoms with E-state index in [1.165, 1.54) is 11.3 Å². The van der Waals surface area contributed by atoms with Crippen LogP contribution in [0.4, 0.5) is 10.9 Å². The fraction of sp³-hybridized carbons (Fsp3) is 0.176. The number of nitrogens with two attached hydrogens (primary N) is 1. The van der Waals surface area contributed by atoms with Gasteiger partial charge in [0.25, 0.3) is 0 Å². The van der Waals surface area contributed by atoms with E-state index < -0.39 is 6.04 Å². The van der Waals surface area contributed by atoms with Crippen molar-refractivity contribution in [3.63, 3.8) is 0 Å². The van der Waals surface area contributed by atoms with Gasteiger partial charge in [-0.25, -0.2) is 4.98 Å². The van der Waals surface area contributed by atoms with E-state index in [1.54, 1.807) is 13.2 Å². The second-order valence-corrected chi connectivity index (χ2v) is 6.36. The predicted octanol–water partition coefficient (Wildman–Crippen LogP) is 2.15. The first-order chi connectivity index (χ1) is 12.2. The molecule has 4 N–H and O–H groups in total. The summed E-state index contributed by atoms with van der Waals surface area (Å²) in [7, 11) is 1.80. The molecule has 1 amide bonds. The van der Waals surface area contributed by atoms with Gasteiger partial charge in [0.15, 0.2) is 0 Å². The molecule has 0 saturated carbocycles. The molecule has 0 spiro atoms. The smallest absolute Gasteiger partial charge is 0.243 e. The summed E-state index contributed by atoms with van der Waals surface area (Å²) in [6, 6.07) is 12.7. The summed E-state index contributed by atoms with van der Waals surface area (Å²) in [4.78, 5) is 16.4. The Morgan fingerprint density at radius 2 is 2.04 bits per heavy atom. The highest BCUT2D eigenvalue weighted by Gasteiger charge is 2.16. The van der Waals surface area contributed by atoms with Crippen molar-refractivity contribution in [1.82, 2.24) is 15.2 Å². The zero-order valence-electron chi connectivity index (χ0n) is 13.6. The number of hydrogen-bond donors (Lipinski definition) is 3. The summed E-state index contributed by atoms with van der Waals surface area (Å²) in [5.74, 6) is 0.459. The molecule has 0 unspecified atom stereocenters. The van der Waals surface area contributed by atoms with Crippen LogP contribution in [0.2, 0.25) is 0 Å². The van der Waals surface area contributed by atoms with E-state index in [1.807, 2.05) is 42.5 Å². The van der Waals surface area contributed by atoms with E-state index in [4.69, 9.17) is 5.73 Å². The van der Waals surface area contributed by atoms with Gasteiger partial charge in [-0.2, -0.15) is 0 Å². The molecule has 0 aliphatic carbocycles. The van der Waals surface area contributed by atoms with Crippen LogP contribution in [0.25, 0.3) is 10.6 Å². The molecular formula is C17H18N6OS. The number of amides is 1. The summed E-state index contributed by atoms with van der Waals surface area (Å²) < 4.78 is 0. The highest BCUT2D eigenvalue weighted by atomic mass is 32.1. The first kappa shape index (κ1) is 17.0. The van der Waals surface area contributed by atoms with Gasteiger partial charge in [-0.15, -0.1) is 10.2 Å². The summed E-state index contributed by atoms with van der Waals surface area (Å²) >= 11 is 1.29. The highest BCUT2D eigenvalue weighted by molar-refractivity contribution is 7.18. The summed E-state index contributed by atoms with van der Waals surface area (Å²) in [5, 5.41) is 15.0. The third-order valence-corrected chi connectivity index (χ3v) is 4.44. The Morgan fingerprint density at radius 3 is 2.80 bits per heavy atom. The molecule has 0 radical (unpaired) electrons. The molecule has 7 nitrogen and oxygen atoms in total. The van der Waals surface area contributed by atoms with Crippen LogP contribution in [0.1, 0.15) is 5.56 Å². The van der Waals surface area contributed by atoms with Gasteiger partial charge in [0, 0.05) is 18.8 Å². The quantitative estimate of drug-likeness (QED) is 0.626. The average molecular weight is 354 g/mol. The van der Waals surface area contributed by atoms with Crippen molar-refractivity contribution >= 4 is 28.2 Å². The molecule has 0 bridgehead atoms. The van der Waals surface area contributed by atoms with Crippen LogP contribution in [-0.4, -0.2) is 34.2 Å². The normalized spacial score (nSPS) is 11.8. The van der Waals surface area contributed by atoms with E-state index >= 15 is 0 Å². The van der Waals surface area contributed by atoms with Gasteiger partial charge in [0.05, 0.1) is 6.04 Å². The van der Waals surface area contributed by atoms with Crippen molar-refractivity contribution in [2.75, 3.05) is 17.7 Å². The molecule has 128 valence electrons. The highest BCUT2D eigenvalue weighted by Crippen LogP contribution is 2.27. The zero-order chi connectivity index (χ0) is 17.6. The number of hydrogen-bond acceptors (Lipinski definition) is 7. The fourth-order valence-corrected chi connectivity index (χ4v) is 2.99. The van der Waals surface area contributed by atoms with Crippen molar-refractivity contribution < 1.29 is 4.79 Å². The third-order valence-electron chi connectivity index (χ3n) is 3.55. The van der Waals surface area contributed by atoms with E-state index in [9.17, 15) is 4.79 Å². The van der Waals surface area contributed by atoms with Gasteiger partial charge in [-0.05, 0) is 24.1 Å². The summed E-state index contributed by atoms with van der Waals surface area (Å²) in [6.45, 7) is 0. The maximum Gasteiger partial charge on any atom is 0.243 e. The Balaban J connectivity index is 1.65. The number of carbonyl (C=O) groups excluding carboxylic acids is 1. The van der Waals surface area contributed by atoms with Crippen molar-refractivity contribution in [3.05, 3.63) is 54.2 Å². The Kier molecular flexibility index (Phi) is 5.32. The number of pyridine rings is 1. The van der Waals surface area contributed by atoms with Gasteiger partial charge < -0.3 is 11.1 Å². The number of rotatable bonds is 6. The molecule has 1 atom stereocenters. The fourth-order valence-electron chi connectivity index (χ4n) is 2.25. The van der Waals surface area contributed by atoms with E-state index in [0.29, 0.717) is 16.6 Å². The van der Waals surface area contributed by atoms with Gasteiger partial charge in [-0.3, -0.25) is 10.1 Å². The number of carbonyl (C=O) groups is 1. The molecule has 3 rings (SSSR count). The number of nitrogens with one attached hydrogen (secondary N) is 2. The first-order valence-corrected chi connectivity index (χ1v) is 8.55. The Morgan fingerprint density at radius 1 is 1.24 bits per heavy atom. The van der Waals surface area contributed by atoms with E-state index in [0.717, 1.165) is 16.9 Å². The second-order valence-electron chi connectivity index (χ2n) is 5.38. The summed E-state index contributed by atoms with van der Waals surface area (Å²) in [5.41, 5.74) is 7.87. The number of aromatic nitrogens is 3. The molecule has 0 fully saturated rings. The maximum absolute atomic E-state index is 12.2. The Labute approximate surface area is 149 Å². The average Bonchev–Trinajstić information content (AvgIpc) is 3.11. The minimum absolute atomic E-state index is 0.280. The minimum atomic E-state index is -0.647. The molecule has 3 aromatic rings. The first-order valence-electron chi connectivity index (χ1n) is 7.74. The molecule has 1 aromatic carbocycles. The van der Waals surface area contributed by atoms with Crippen LogP contribution in [0.5, 0.6) is 0 Å². The number of anilines is 2. The molecule has 8 heteroatoms. The third kappa shape index (κ3) is 4.37. The summed E-state index contributed by atoms with van der Waals surface area (Å²) in [6.07, 6.45) is 2.16. The minimum Gasteiger partial charge on any atom is -0.373 e. The molecule has 0 aliphatic heterocycles. The van der Waals surface area contributed by atoms with Crippen LogP contribution in [0.15, 0.2) is 48.7 Å². The molecule has 0 saturated heterocycles. The maximum atomic E-state index is 12.2. The van der Waals surface area contributed by atoms with Crippen molar-refractivity contribution in [3.8, 4) is 10.6 Å². The van der Waals surface area contributed by atoms with Crippen molar-refractivity contribution in [1.29, 1.82) is 0 Å². The second kappa shape index (κ2) is 7.82. The van der Waals surface area contributed by atoms with Gasteiger partial charge in [0.1, 0.15) is 10.8 Å².